The average Bonchev–Trinajstić information content (AvgIpc) is 3.33. The molecule has 5 N–H and O–H groups in total. The topological polar surface area (TPSA) is 175 Å². The minimum absolute atomic E-state index is 0.0152. The molecule has 10 nitrogen and oxygen atoms in total. The second-order valence-corrected chi connectivity index (χ2v) is 10.5. The summed E-state index contributed by atoms with van der Waals surface area (Å²) >= 11 is 0. The van der Waals surface area contributed by atoms with Crippen molar-refractivity contribution >= 4 is 29.0 Å². The summed E-state index contributed by atoms with van der Waals surface area (Å²) in [6, 6.07) is 2.04. The van der Waals surface area contributed by atoms with Gasteiger partial charge in [0.1, 0.15) is 5.75 Å². The number of aromatic hydroxyl groups is 1. The van der Waals surface area contributed by atoms with E-state index in [1.54, 1.807) is 12.1 Å². The summed E-state index contributed by atoms with van der Waals surface area (Å²) in [5, 5.41) is 34.1. The molecule has 0 spiro atoms. The van der Waals surface area contributed by atoms with Crippen LogP contribution >= 0.6 is 0 Å². The number of hydrogen-bond donors (Lipinski definition) is 4. The van der Waals surface area contributed by atoms with Crippen LogP contribution in [0.3, 0.4) is 0 Å². The van der Waals surface area contributed by atoms with Crippen LogP contribution in [0.25, 0.3) is 0 Å². The lowest BCUT2D eigenvalue weighted by Gasteiger charge is -2.54. The van der Waals surface area contributed by atoms with E-state index in [9.17, 15) is 39.3 Å². The summed E-state index contributed by atoms with van der Waals surface area (Å²) in [5.41, 5.74) is 3.24. The maximum absolute atomic E-state index is 13.8. The Labute approximate surface area is 206 Å². The zero-order chi connectivity index (χ0) is 26.3. The zero-order valence-corrected chi connectivity index (χ0v) is 19.9. The first-order chi connectivity index (χ1) is 16.9. The third kappa shape index (κ3) is 3.04. The fourth-order valence-corrected chi connectivity index (χ4v) is 6.80. The molecule has 0 saturated heterocycles. The van der Waals surface area contributed by atoms with Crippen LogP contribution in [0.15, 0.2) is 24.3 Å². The Morgan fingerprint density at radius 1 is 1.14 bits per heavy atom. The number of phenols is 1. The van der Waals surface area contributed by atoms with Crippen LogP contribution < -0.4 is 5.73 Å². The molecule has 190 valence electrons. The monoisotopic (exact) mass is 496 g/mol. The summed E-state index contributed by atoms with van der Waals surface area (Å²) in [5.74, 6) is -12.3. The van der Waals surface area contributed by atoms with Gasteiger partial charge in [0.25, 0.3) is 0 Å². The number of likely N-dealkylation sites (N-methyl/N-ethyl adjacent to an activating group) is 1. The number of ketones is 4. The molecule has 36 heavy (non-hydrogen) atoms. The molecule has 10 heteroatoms. The van der Waals surface area contributed by atoms with Gasteiger partial charge in [0.05, 0.1) is 29.5 Å². The molecular weight excluding hydrogens is 468 g/mol. The Balaban J connectivity index is 1.65. The molecule has 0 aliphatic heterocycles. The Bertz CT molecular complexity index is 1250. The van der Waals surface area contributed by atoms with E-state index in [-0.39, 0.29) is 23.7 Å². The summed E-state index contributed by atoms with van der Waals surface area (Å²) in [4.78, 5) is 67.3. The van der Waals surface area contributed by atoms with E-state index in [4.69, 9.17) is 5.73 Å². The Kier molecular flexibility index (Phi) is 5.55. The van der Waals surface area contributed by atoms with Gasteiger partial charge in [0.15, 0.2) is 34.7 Å². The van der Waals surface area contributed by atoms with Gasteiger partial charge in [0.2, 0.25) is 5.91 Å². The molecule has 4 aliphatic carbocycles. The number of nitrogens with zero attached hydrogens (tertiary/aromatic N) is 1. The molecule has 1 amide bonds. The molecule has 4 aliphatic rings. The molecule has 2 fully saturated rings. The SMILES string of the molecule is CN(C)[C@H]1C(=O)C(C(N)=O)C(=O)[C@]2(O)C(=O)C3C(=O)c4c(ccc(C5C=CCC5)c4O)C[C@@H]3[C@@H](O)[C@H]12. The normalized spacial score (nSPS) is 37.6. The molecule has 2 saturated carbocycles. The van der Waals surface area contributed by atoms with Crippen LogP contribution in [-0.2, 0) is 25.6 Å². The van der Waals surface area contributed by atoms with E-state index in [0.29, 0.717) is 11.1 Å². The number of carbonyl (C=O) groups excluding carboxylic acids is 5. The van der Waals surface area contributed by atoms with Crippen molar-refractivity contribution in [2.24, 2.45) is 29.4 Å². The Morgan fingerprint density at radius 2 is 1.83 bits per heavy atom. The quantitative estimate of drug-likeness (QED) is 0.310. The Hall–Kier alpha value is -3.21. The molecule has 1 aromatic rings. The van der Waals surface area contributed by atoms with Crippen LogP contribution in [-0.4, -0.2) is 81.1 Å². The highest BCUT2D eigenvalue weighted by Gasteiger charge is 2.72. The second-order valence-electron chi connectivity index (χ2n) is 10.5. The minimum atomic E-state index is -2.97. The van der Waals surface area contributed by atoms with Crippen LogP contribution in [0.1, 0.15) is 40.2 Å². The van der Waals surface area contributed by atoms with Crippen molar-refractivity contribution in [2.45, 2.75) is 42.9 Å². The highest BCUT2D eigenvalue weighted by Crippen LogP contribution is 2.51. The first-order valence-corrected chi connectivity index (χ1v) is 12.0. The predicted molar refractivity (Wildman–Crippen MR) is 124 cm³/mol. The molecule has 0 aromatic heterocycles. The van der Waals surface area contributed by atoms with Gasteiger partial charge in [-0.2, -0.15) is 0 Å². The number of primary amides is 1. The zero-order valence-electron chi connectivity index (χ0n) is 19.9. The third-order valence-electron chi connectivity index (χ3n) is 8.46. The highest BCUT2D eigenvalue weighted by molar-refractivity contribution is 6.32. The number of nitrogens with two attached hydrogens (primary N) is 1. The largest absolute Gasteiger partial charge is 0.507 e. The molecule has 0 radical (unpaired) electrons. The van der Waals surface area contributed by atoms with Gasteiger partial charge < -0.3 is 21.1 Å². The van der Waals surface area contributed by atoms with E-state index < -0.39 is 70.5 Å². The van der Waals surface area contributed by atoms with E-state index >= 15 is 0 Å². The number of rotatable bonds is 3. The number of benzene rings is 1. The number of fused-ring (bicyclic) bond motifs is 3. The lowest BCUT2D eigenvalue weighted by atomic mass is 9.51. The fourth-order valence-electron chi connectivity index (χ4n) is 6.80. The van der Waals surface area contributed by atoms with E-state index in [1.807, 2.05) is 12.2 Å². The van der Waals surface area contributed by atoms with Gasteiger partial charge in [-0.3, -0.25) is 28.9 Å². The summed E-state index contributed by atoms with van der Waals surface area (Å²) < 4.78 is 0. The molecule has 1 aromatic carbocycles. The van der Waals surface area contributed by atoms with E-state index in [2.05, 4.69) is 0 Å². The number of aliphatic hydroxyl groups excluding tert-OH is 1. The molecule has 0 heterocycles. The standard InChI is InChI=1S/C26H28N2O8/c1-28(2)18-17-20(30)13-9-11-7-8-12(10-5-3-4-6-10)19(29)14(11)21(31)15(13)23(33)26(17,36)24(34)16(22(18)32)25(27)35/h3,5,7-8,10,13,15-18,20,29-30,36H,4,6,9H2,1-2H3,(H2,27,35)/t10?,13-,15?,16?,17-,18+,20+,26+/m0/s1. The minimum Gasteiger partial charge on any atom is -0.507 e. The maximum atomic E-state index is 13.8. The molecular formula is C26H28N2O8. The smallest absolute Gasteiger partial charge is 0.235 e. The van der Waals surface area contributed by atoms with Crippen molar-refractivity contribution in [1.29, 1.82) is 0 Å². The van der Waals surface area contributed by atoms with Crippen molar-refractivity contribution in [1.82, 2.24) is 4.90 Å². The number of Topliss-reactive ketones (excluding diaryl/α,β-unsaturated/α-hetero) is 4. The van der Waals surface area contributed by atoms with Crippen LogP contribution in [0, 0.1) is 23.7 Å². The number of carbonyl (C=O) groups is 5. The first-order valence-electron chi connectivity index (χ1n) is 12.0. The molecule has 3 unspecified atom stereocenters. The van der Waals surface area contributed by atoms with Gasteiger partial charge in [-0.1, -0.05) is 24.3 Å². The highest BCUT2D eigenvalue weighted by atomic mass is 16.3. The Morgan fingerprint density at radius 3 is 2.42 bits per heavy atom. The number of amides is 1. The summed E-state index contributed by atoms with van der Waals surface area (Å²) in [7, 11) is 2.91. The third-order valence-corrected chi connectivity index (χ3v) is 8.46. The molecule has 5 rings (SSSR count). The number of hydrogen-bond acceptors (Lipinski definition) is 9. The van der Waals surface area contributed by atoms with Crippen molar-refractivity contribution in [3.63, 3.8) is 0 Å². The maximum Gasteiger partial charge on any atom is 0.235 e. The van der Waals surface area contributed by atoms with Gasteiger partial charge in [-0.25, -0.2) is 0 Å². The van der Waals surface area contributed by atoms with E-state index in [1.165, 1.54) is 19.0 Å². The van der Waals surface area contributed by atoms with Gasteiger partial charge in [-0.15, -0.1) is 0 Å². The van der Waals surface area contributed by atoms with Gasteiger partial charge in [0, 0.05) is 17.4 Å². The number of aliphatic hydroxyl groups is 2. The summed E-state index contributed by atoms with van der Waals surface area (Å²) in [6.07, 6.45) is 3.90. The van der Waals surface area contributed by atoms with Crippen LogP contribution in [0.5, 0.6) is 5.75 Å². The van der Waals surface area contributed by atoms with Crippen molar-refractivity contribution < 1.29 is 39.3 Å². The fraction of sp³-hybridized carbons (Fsp3) is 0.500. The average molecular weight is 497 g/mol. The van der Waals surface area contributed by atoms with Gasteiger partial charge in [-0.05, 0) is 38.9 Å². The lowest BCUT2D eigenvalue weighted by molar-refractivity contribution is -0.195. The van der Waals surface area contributed by atoms with E-state index in [0.717, 1.165) is 12.8 Å². The van der Waals surface area contributed by atoms with Gasteiger partial charge >= 0.3 is 0 Å². The lowest BCUT2D eigenvalue weighted by Crippen LogP contribution is -2.77. The summed E-state index contributed by atoms with van der Waals surface area (Å²) in [6.45, 7) is 0. The van der Waals surface area contributed by atoms with Crippen LogP contribution in [0.2, 0.25) is 0 Å². The number of phenolic OH excluding ortho intramolecular Hbond substituents is 1. The molecule has 8 atom stereocenters. The van der Waals surface area contributed by atoms with Crippen molar-refractivity contribution in [3.8, 4) is 5.75 Å². The van der Waals surface area contributed by atoms with Crippen molar-refractivity contribution in [3.05, 3.63) is 41.0 Å². The second kappa shape index (κ2) is 8.16. The van der Waals surface area contributed by atoms with Crippen molar-refractivity contribution in [2.75, 3.05) is 14.1 Å². The first kappa shape index (κ1) is 24.5. The number of allylic oxidation sites excluding steroid dienone is 2. The molecule has 0 bridgehead atoms. The van der Waals surface area contributed by atoms with Crippen LogP contribution in [0.4, 0.5) is 0 Å². The predicted octanol–water partition coefficient (Wildman–Crippen LogP) is -0.729.